The second kappa shape index (κ2) is 4.36. The molecule has 80 valence electrons. The largest absolute Gasteiger partial charge is 0.383 e. The van der Waals surface area contributed by atoms with Crippen LogP contribution in [0.1, 0.15) is 13.3 Å². The number of aromatic nitrogens is 1. The molecule has 0 aliphatic rings. The molecule has 0 fully saturated rings. The van der Waals surface area contributed by atoms with Crippen molar-refractivity contribution in [3.63, 3.8) is 0 Å². The average molecular weight is 203 g/mol. The first kappa shape index (κ1) is 10.1. The van der Waals surface area contributed by atoms with Gasteiger partial charge in [-0.05, 0) is 19.4 Å². The van der Waals surface area contributed by atoms with E-state index < -0.39 is 0 Å². The van der Waals surface area contributed by atoms with Crippen molar-refractivity contribution >= 4 is 16.6 Å². The van der Waals surface area contributed by atoms with Gasteiger partial charge in [0.05, 0.1) is 5.69 Å². The molecule has 15 heavy (non-hydrogen) atoms. The standard InChI is InChI=1S/C12H17N3/c1-9(13)6-7-14-12-8-15-11-5-3-2-4-10(11)12/h2-5,8-9,14-15H,6-7,13H2,1H3. The third-order valence-corrected chi connectivity index (χ3v) is 2.50. The summed E-state index contributed by atoms with van der Waals surface area (Å²) in [6.45, 7) is 2.94. The first-order chi connectivity index (χ1) is 7.27. The smallest absolute Gasteiger partial charge is 0.0597 e. The van der Waals surface area contributed by atoms with Crippen LogP contribution in [0.2, 0.25) is 0 Å². The summed E-state index contributed by atoms with van der Waals surface area (Å²) >= 11 is 0. The van der Waals surface area contributed by atoms with E-state index >= 15 is 0 Å². The lowest BCUT2D eigenvalue weighted by Crippen LogP contribution is -2.18. The Labute approximate surface area is 89.7 Å². The molecule has 1 aromatic carbocycles. The van der Waals surface area contributed by atoms with Crippen LogP contribution in [-0.4, -0.2) is 17.6 Å². The molecule has 0 spiro atoms. The van der Waals surface area contributed by atoms with Crippen LogP contribution in [0.5, 0.6) is 0 Å². The maximum absolute atomic E-state index is 5.70. The molecule has 1 unspecified atom stereocenters. The zero-order valence-electron chi connectivity index (χ0n) is 8.96. The summed E-state index contributed by atoms with van der Waals surface area (Å²) in [5.41, 5.74) is 8.02. The summed E-state index contributed by atoms with van der Waals surface area (Å²) < 4.78 is 0. The second-order valence-electron chi connectivity index (χ2n) is 3.94. The fourth-order valence-corrected chi connectivity index (χ4v) is 1.65. The molecule has 4 N–H and O–H groups in total. The topological polar surface area (TPSA) is 53.8 Å². The average Bonchev–Trinajstić information content (AvgIpc) is 2.62. The van der Waals surface area contributed by atoms with E-state index in [9.17, 15) is 0 Å². The predicted octanol–water partition coefficient (Wildman–Crippen LogP) is 2.32. The molecule has 0 aliphatic carbocycles. The molecule has 1 heterocycles. The number of nitrogens with one attached hydrogen (secondary N) is 2. The van der Waals surface area contributed by atoms with E-state index in [1.54, 1.807) is 0 Å². The Bertz CT molecular complexity index is 431. The minimum Gasteiger partial charge on any atom is -0.383 e. The van der Waals surface area contributed by atoms with Gasteiger partial charge in [-0.2, -0.15) is 0 Å². The summed E-state index contributed by atoms with van der Waals surface area (Å²) in [5.74, 6) is 0. The molecule has 0 aliphatic heterocycles. The van der Waals surface area contributed by atoms with Crippen LogP contribution in [0.3, 0.4) is 0 Å². The Morgan fingerprint density at radius 2 is 2.20 bits per heavy atom. The van der Waals surface area contributed by atoms with Crippen molar-refractivity contribution in [1.29, 1.82) is 0 Å². The third-order valence-electron chi connectivity index (χ3n) is 2.50. The van der Waals surface area contributed by atoms with E-state index in [1.165, 1.54) is 10.9 Å². The highest BCUT2D eigenvalue weighted by Gasteiger charge is 2.01. The van der Waals surface area contributed by atoms with Crippen LogP contribution < -0.4 is 11.1 Å². The molecule has 3 heteroatoms. The zero-order valence-corrected chi connectivity index (χ0v) is 8.96. The minimum atomic E-state index is 0.253. The molecule has 2 rings (SSSR count). The van der Waals surface area contributed by atoms with Gasteiger partial charge in [-0.25, -0.2) is 0 Å². The third kappa shape index (κ3) is 2.30. The minimum absolute atomic E-state index is 0.253. The van der Waals surface area contributed by atoms with E-state index in [2.05, 4.69) is 22.4 Å². The lowest BCUT2D eigenvalue weighted by atomic mass is 10.2. The predicted molar refractivity (Wildman–Crippen MR) is 65.1 cm³/mol. The summed E-state index contributed by atoms with van der Waals surface area (Å²) in [7, 11) is 0. The van der Waals surface area contributed by atoms with Crippen LogP contribution in [0, 0.1) is 0 Å². The van der Waals surface area contributed by atoms with Crippen LogP contribution in [-0.2, 0) is 0 Å². The fraction of sp³-hybridized carbons (Fsp3) is 0.333. The van der Waals surface area contributed by atoms with Crippen molar-refractivity contribution in [1.82, 2.24) is 4.98 Å². The normalized spacial score (nSPS) is 12.9. The Balaban J connectivity index is 2.08. The van der Waals surface area contributed by atoms with Crippen molar-refractivity contribution in [3.8, 4) is 0 Å². The quantitative estimate of drug-likeness (QED) is 0.714. The van der Waals surface area contributed by atoms with Gasteiger partial charge in [0.2, 0.25) is 0 Å². The second-order valence-corrected chi connectivity index (χ2v) is 3.94. The molecule has 0 saturated heterocycles. The molecule has 0 radical (unpaired) electrons. The van der Waals surface area contributed by atoms with Crippen molar-refractivity contribution in [2.45, 2.75) is 19.4 Å². The van der Waals surface area contributed by atoms with Crippen LogP contribution in [0.15, 0.2) is 30.5 Å². The molecule has 0 bridgehead atoms. The van der Waals surface area contributed by atoms with Crippen LogP contribution in [0.25, 0.3) is 10.9 Å². The van der Waals surface area contributed by atoms with Gasteiger partial charge >= 0.3 is 0 Å². The number of para-hydroxylation sites is 1. The highest BCUT2D eigenvalue weighted by atomic mass is 14.9. The number of fused-ring (bicyclic) bond motifs is 1. The molecule has 1 atom stereocenters. The number of anilines is 1. The Morgan fingerprint density at radius 1 is 1.40 bits per heavy atom. The van der Waals surface area contributed by atoms with Gasteiger partial charge in [-0.3, -0.25) is 0 Å². The number of benzene rings is 1. The molecule has 1 aromatic heterocycles. The van der Waals surface area contributed by atoms with Crippen molar-refractivity contribution in [2.75, 3.05) is 11.9 Å². The molecular weight excluding hydrogens is 186 g/mol. The van der Waals surface area contributed by atoms with Crippen molar-refractivity contribution < 1.29 is 0 Å². The SMILES string of the molecule is CC(N)CCNc1c[nH]c2ccccc12. The first-order valence-corrected chi connectivity index (χ1v) is 5.33. The van der Waals surface area contributed by atoms with Gasteiger partial charge in [0, 0.05) is 29.7 Å². The number of hydrogen-bond acceptors (Lipinski definition) is 2. The van der Waals surface area contributed by atoms with Crippen LogP contribution >= 0.6 is 0 Å². The van der Waals surface area contributed by atoms with Gasteiger partial charge in [-0.1, -0.05) is 18.2 Å². The molecule has 3 nitrogen and oxygen atoms in total. The molecule has 2 aromatic rings. The molecule has 0 saturated carbocycles. The maximum atomic E-state index is 5.70. The van der Waals surface area contributed by atoms with Gasteiger partial charge in [0.15, 0.2) is 0 Å². The highest BCUT2D eigenvalue weighted by molar-refractivity contribution is 5.92. The summed E-state index contributed by atoms with van der Waals surface area (Å²) in [6, 6.07) is 8.52. The summed E-state index contributed by atoms with van der Waals surface area (Å²) in [5, 5.41) is 4.63. The number of rotatable bonds is 4. The van der Waals surface area contributed by atoms with E-state index in [0.717, 1.165) is 18.7 Å². The lowest BCUT2D eigenvalue weighted by Gasteiger charge is -2.06. The van der Waals surface area contributed by atoms with Crippen LogP contribution in [0.4, 0.5) is 5.69 Å². The lowest BCUT2D eigenvalue weighted by molar-refractivity contribution is 0.690. The van der Waals surface area contributed by atoms with Crippen molar-refractivity contribution in [3.05, 3.63) is 30.5 Å². The Morgan fingerprint density at radius 3 is 3.00 bits per heavy atom. The Hall–Kier alpha value is -1.48. The van der Waals surface area contributed by atoms with Gasteiger partial charge in [0.25, 0.3) is 0 Å². The number of nitrogens with two attached hydrogens (primary N) is 1. The number of H-pyrrole nitrogens is 1. The van der Waals surface area contributed by atoms with E-state index in [1.807, 2.05) is 25.3 Å². The van der Waals surface area contributed by atoms with Gasteiger partial charge in [-0.15, -0.1) is 0 Å². The van der Waals surface area contributed by atoms with Gasteiger partial charge < -0.3 is 16.0 Å². The summed E-state index contributed by atoms with van der Waals surface area (Å²) in [6.07, 6.45) is 2.99. The Kier molecular flexibility index (Phi) is 2.92. The number of hydrogen-bond donors (Lipinski definition) is 3. The monoisotopic (exact) mass is 203 g/mol. The van der Waals surface area contributed by atoms with E-state index in [0.29, 0.717) is 0 Å². The van der Waals surface area contributed by atoms with E-state index in [4.69, 9.17) is 5.73 Å². The number of aromatic amines is 1. The molecular formula is C12H17N3. The first-order valence-electron chi connectivity index (χ1n) is 5.33. The fourth-order valence-electron chi connectivity index (χ4n) is 1.65. The summed E-state index contributed by atoms with van der Waals surface area (Å²) in [4.78, 5) is 3.23. The van der Waals surface area contributed by atoms with Gasteiger partial charge in [0.1, 0.15) is 0 Å². The van der Waals surface area contributed by atoms with Crippen molar-refractivity contribution in [2.24, 2.45) is 5.73 Å². The molecule has 0 amide bonds. The highest BCUT2D eigenvalue weighted by Crippen LogP contribution is 2.22. The maximum Gasteiger partial charge on any atom is 0.0597 e. The zero-order chi connectivity index (χ0) is 10.7. The van der Waals surface area contributed by atoms with E-state index in [-0.39, 0.29) is 6.04 Å².